The highest BCUT2D eigenvalue weighted by molar-refractivity contribution is 7.99. The number of thioether (sulfide) groups is 1. The maximum Gasteiger partial charge on any atom is 0.337 e. The van der Waals surface area contributed by atoms with Gasteiger partial charge in [-0.3, -0.25) is 14.2 Å². The van der Waals surface area contributed by atoms with Crippen LogP contribution >= 0.6 is 11.8 Å². The van der Waals surface area contributed by atoms with Gasteiger partial charge in [-0.15, -0.1) is 0 Å². The highest BCUT2D eigenvalue weighted by Gasteiger charge is 2.17. The summed E-state index contributed by atoms with van der Waals surface area (Å²) in [6, 6.07) is 4.77. The number of rotatable bonds is 8. The van der Waals surface area contributed by atoms with E-state index in [2.05, 4.69) is 10.3 Å². The van der Waals surface area contributed by atoms with Crippen LogP contribution < -0.4 is 10.9 Å². The summed E-state index contributed by atoms with van der Waals surface area (Å²) in [4.78, 5) is 41.7. The first-order valence-corrected chi connectivity index (χ1v) is 10.7. The van der Waals surface area contributed by atoms with Gasteiger partial charge in [0.05, 0.1) is 29.3 Å². The van der Waals surface area contributed by atoms with Crippen molar-refractivity contribution in [1.82, 2.24) is 14.9 Å². The van der Waals surface area contributed by atoms with Crippen LogP contribution in [-0.4, -0.2) is 40.3 Å². The molecule has 1 atom stereocenters. The molecule has 0 aliphatic rings. The average molecular weight is 420 g/mol. The van der Waals surface area contributed by atoms with Crippen LogP contribution in [-0.2, 0) is 16.1 Å². The number of carbonyl (C=O) groups is 2. The molecule has 0 saturated carbocycles. The Kier molecular flexibility index (Phi) is 7.84. The van der Waals surface area contributed by atoms with Gasteiger partial charge in [-0.25, -0.2) is 9.78 Å². The van der Waals surface area contributed by atoms with E-state index in [0.717, 1.165) is 0 Å². The van der Waals surface area contributed by atoms with Crippen LogP contribution in [0.25, 0.3) is 10.9 Å². The molecular formula is C21H29N3O4S. The summed E-state index contributed by atoms with van der Waals surface area (Å²) in [5.74, 6) is 0.124. The van der Waals surface area contributed by atoms with Crippen LogP contribution in [0.2, 0.25) is 0 Å². The molecule has 1 amide bonds. The predicted molar refractivity (Wildman–Crippen MR) is 115 cm³/mol. The molecule has 8 heteroatoms. The summed E-state index contributed by atoms with van der Waals surface area (Å²) in [5.41, 5.74) is 0.558. The lowest BCUT2D eigenvalue weighted by atomic mass is 10.1. The first kappa shape index (κ1) is 22.9. The molecular weight excluding hydrogens is 390 g/mol. The Morgan fingerprint density at radius 3 is 2.48 bits per heavy atom. The molecule has 0 spiro atoms. The Morgan fingerprint density at radius 2 is 1.90 bits per heavy atom. The normalized spacial score (nSPS) is 12.4. The van der Waals surface area contributed by atoms with Gasteiger partial charge in [0, 0.05) is 12.6 Å². The highest BCUT2D eigenvalue weighted by atomic mass is 32.2. The van der Waals surface area contributed by atoms with Gasteiger partial charge >= 0.3 is 5.97 Å². The van der Waals surface area contributed by atoms with Crippen molar-refractivity contribution < 1.29 is 14.3 Å². The summed E-state index contributed by atoms with van der Waals surface area (Å²) in [5, 5.41) is 3.85. The number of carbonyl (C=O) groups excluding carboxylic acids is 2. The number of hydrogen-bond donors (Lipinski definition) is 1. The standard InChI is InChI=1S/C21H29N3O4S/c1-12(2)10-24-19(26)16-8-7-15(20(27)28-6)9-17(16)23-21(24)29-11-18(25)22-14(5)13(3)4/h7-9,12-14H,10-11H2,1-6H3,(H,22,25)/t14-/m0/s1. The Labute approximate surface area is 175 Å². The summed E-state index contributed by atoms with van der Waals surface area (Å²) in [7, 11) is 1.30. The number of nitrogens with zero attached hydrogens (tertiary/aromatic N) is 2. The van der Waals surface area contributed by atoms with E-state index in [0.29, 0.717) is 34.1 Å². The molecule has 0 saturated heterocycles. The Bertz CT molecular complexity index is 953. The van der Waals surface area contributed by atoms with E-state index in [9.17, 15) is 14.4 Å². The number of benzene rings is 1. The monoisotopic (exact) mass is 419 g/mol. The molecule has 1 aromatic heterocycles. The number of aromatic nitrogens is 2. The maximum absolute atomic E-state index is 13.0. The Balaban J connectivity index is 2.40. The van der Waals surface area contributed by atoms with Crippen molar-refractivity contribution in [3.63, 3.8) is 0 Å². The molecule has 1 heterocycles. The van der Waals surface area contributed by atoms with Crippen molar-refractivity contribution in [2.45, 2.75) is 52.4 Å². The van der Waals surface area contributed by atoms with Gasteiger partial charge in [-0.1, -0.05) is 39.5 Å². The van der Waals surface area contributed by atoms with Crippen LogP contribution in [0.5, 0.6) is 0 Å². The zero-order valence-corrected chi connectivity index (χ0v) is 18.6. The fourth-order valence-corrected chi connectivity index (χ4v) is 3.49. The van der Waals surface area contributed by atoms with Gasteiger partial charge in [0.15, 0.2) is 5.16 Å². The van der Waals surface area contributed by atoms with Gasteiger partial charge < -0.3 is 10.1 Å². The molecule has 1 aromatic carbocycles. The molecule has 0 fully saturated rings. The number of methoxy groups -OCH3 is 1. The number of fused-ring (bicyclic) bond motifs is 1. The van der Waals surface area contributed by atoms with Crippen molar-refractivity contribution >= 4 is 34.5 Å². The van der Waals surface area contributed by atoms with E-state index in [1.165, 1.54) is 18.9 Å². The SMILES string of the molecule is COC(=O)c1ccc2c(=O)n(CC(C)C)c(SCC(=O)N[C@@H](C)C(C)C)nc2c1. The molecule has 0 unspecified atom stereocenters. The van der Waals surface area contributed by atoms with Crippen LogP contribution in [0, 0.1) is 11.8 Å². The van der Waals surface area contributed by atoms with E-state index in [1.54, 1.807) is 22.8 Å². The van der Waals surface area contributed by atoms with E-state index in [4.69, 9.17) is 4.74 Å². The Morgan fingerprint density at radius 1 is 1.21 bits per heavy atom. The second kappa shape index (κ2) is 9.91. The number of nitrogens with one attached hydrogen (secondary N) is 1. The fraction of sp³-hybridized carbons (Fsp3) is 0.524. The van der Waals surface area contributed by atoms with Gasteiger partial charge in [0.1, 0.15) is 0 Å². The van der Waals surface area contributed by atoms with Crippen molar-refractivity contribution in [3.05, 3.63) is 34.1 Å². The van der Waals surface area contributed by atoms with Crippen molar-refractivity contribution in [3.8, 4) is 0 Å². The minimum absolute atomic E-state index is 0.0631. The largest absolute Gasteiger partial charge is 0.465 e. The lowest BCUT2D eigenvalue weighted by Crippen LogP contribution is -2.37. The highest BCUT2D eigenvalue weighted by Crippen LogP contribution is 2.20. The van der Waals surface area contributed by atoms with Crippen molar-refractivity contribution in [2.24, 2.45) is 11.8 Å². The van der Waals surface area contributed by atoms with E-state index in [1.807, 2.05) is 34.6 Å². The van der Waals surface area contributed by atoms with Gasteiger partial charge in [0.25, 0.3) is 5.56 Å². The van der Waals surface area contributed by atoms with Crippen molar-refractivity contribution in [1.29, 1.82) is 0 Å². The molecule has 158 valence electrons. The molecule has 1 N–H and O–H groups in total. The summed E-state index contributed by atoms with van der Waals surface area (Å²) in [6.07, 6.45) is 0. The minimum Gasteiger partial charge on any atom is -0.465 e. The smallest absolute Gasteiger partial charge is 0.337 e. The minimum atomic E-state index is -0.490. The Hall–Kier alpha value is -2.35. The van der Waals surface area contributed by atoms with Gasteiger partial charge in [-0.2, -0.15) is 0 Å². The lowest BCUT2D eigenvalue weighted by Gasteiger charge is -2.18. The zero-order chi connectivity index (χ0) is 21.7. The van der Waals surface area contributed by atoms with Crippen LogP contribution in [0.3, 0.4) is 0 Å². The molecule has 2 rings (SSSR count). The van der Waals surface area contributed by atoms with Crippen LogP contribution in [0.4, 0.5) is 0 Å². The van der Waals surface area contributed by atoms with Crippen molar-refractivity contribution in [2.75, 3.05) is 12.9 Å². The first-order chi connectivity index (χ1) is 13.6. The third-order valence-electron chi connectivity index (χ3n) is 4.61. The fourth-order valence-electron chi connectivity index (χ4n) is 2.67. The lowest BCUT2D eigenvalue weighted by molar-refractivity contribution is -0.119. The van der Waals surface area contributed by atoms with Gasteiger partial charge in [0.2, 0.25) is 5.91 Å². The van der Waals surface area contributed by atoms with E-state index < -0.39 is 5.97 Å². The second-order valence-electron chi connectivity index (χ2n) is 7.82. The third-order valence-corrected chi connectivity index (χ3v) is 5.59. The second-order valence-corrected chi connectivity index (χ2v) is 8.76. The third kappa shape index (κ3) is 5.82. The molecule has 7 nitrogen and oxygen atoms in total. The average Bonchev–Trinajstić information content (AvgIpc) is 2.67. The topological polar surface area (TPSA) is 90.3 Å². The number of esters is 1. The van der Waals surface area contributed by atoms with Crippen LogP contribution in [0.15, 0.2) is 28.2 Å². The van der Waals surface area contributed by atoms with Gasteiger partial charge in [-0.05, 0) is 37.0 Å². The quantitative estimate of drug-likeness (QED) is 0.402. The van der Waals surface area contributed by atoms with E-state index in [-0.39, 0.29) is 29.2 Å². The molecule has 0 bridgehead atoms. The molecule has 2 aromatic rings. The summed E-state index contributed by atoms with van der Waals surface area (Å²) >= 11 is 1.22. The number of amides is 1. The zero-order valence-electron chi connectivity index (χ0n) is 17.8. The summed E-state index contributed by atoms with van der Waals surface area (Å²) < 4.78 is 6.35. The van der Waals surface area contributed by atoms with Crippen LogP contribution in [0.1, 0.15) is 45.0 Å². The maximum atomic E-state index is 13.0. The summed E-state index contributed by atoms with van der Waals surface area (Å²) in [6.45, 7) is 10.6. The molecule has 0 aliphatic carbocycles. The molecule has 0 radical (unpaired) electrons. The molecule has 0 aliphatic heterocycles. The number of ether oxygens (including phenoxy) is 1. The predicted octanol–water partition coefficient (Wildman–Crippen LogP) is 3.09. The number of hydrogen-bond acceptors (Lipinski definition) is 6. The molecule has 29 heavy (non-hydrogen) atoms. The first-order valence-electron chi connectivity index (χ1n) is 9.69. The van der Waals surface area contributed by atoms with E-state index >= 15 is 0 Å².